The van der Waals surface area contributed by atoms with Crippen LogP contribution >= 0.6 is 0 Å². The molecule has 2 N–H and O–H groups in total. The van der Waals surface area contributed by atoms with Gasteiger partial charge in [0.1, 0.15) is 17.1 Å². The Bertz CT molecular complexity index is 644. The molecule has 3 heteroatoms. The second kappa shape index (κ2) is 4.00. The van der Waals surface area contributed by atoms with E-state index in [1.165, 1.54) is 0 Å². The van der Waals surface area contributed by atoms with Crippen molar-refractivity contribution in [2.24, 2.45) is 0 Å². The van der Waals surface area contributed by atoms with Gasteiger partial charge in [-0.25, -0.2) is 0 Å². The van der Waals surface area contributed by atoms with Crippen LogP contribution in [-0.2, 0) is 12.2 Å². The standard InChI is InChI=1S/C16H16O3/c1-16(2)12-7-6-10(9-17)8-11(12)15-13(18)4-3-5-14(15)19-16/h3-8,17-18H,9H2,1-2H3. The van der Waals surface area contributed by atoms with Gasteiger partial charge in [-0.15, -0.1) is 0 Å². The summed E-state index contributed by atoms with van der Waals surface area (Å²) < 4.78 is 5.98. The molecule has 19 heavy (non-hydrogen) atoms. The molecule has 1 heterocycles. The summed E-state index contributed by atoms with van der Waals surface area (Å²) in [5, 5.41) is 19.4. The van der Waals surface area contributed by atoms with Crippen LogP contribution in [0.25, 0.3) is 11.1 Å². The lowest BCUT2D eigenvalue weighted by atomic mass is 9.85. The van der Waals surface area contributed by atoms with Crippen LogP contribution in [0.15, 0.2) is 36.4 Å². The van der Waals surface area contributed by atoms with Crippen LogP contribution in [0.4, 0.5) is 0 Å². The molecule has 0 aliphatic carbocycles. The highest BCUT2D eigenvalue weighted by molar-refractivity contribution is 5.81. The normalized spacial score (nSPS) is 15.3. The lowest BCUT2D eigenvalue weighted by Crippen LogP contribution is -2.29. The summed E-state index contributed by atoms with van der Waals surface area (Å²) in [6.45, 7) is 3.98. The molecule has 0 bridgehead atoms. The van der Waals surface area contributed by atoms with E-state index in [4.69, 9.17) is 4.74 Å². The van der Waals surface area contributed by atoms with Gasteiger partial charge < -0.3 is 14.9 Å². The molecule has 98 valence electrons. The van der Waals surface area contributed by atoms with Crippen LogP contribution in [0.5, 0.6) is 11.5 Å². The van der Waals surface area contributed by atoms with E-state index in [-0.39, 0.29) is 12.4 Å². The average molecular weight is 256 g/mol. The molecule has 0 fully saturated rings. The molecule has 0 unspecified atom stereocenters. The van der Waals surface area contributed by atoms with Crippen LogP contribution in [0.2, 0.25) is 0 Å². The highest BCUT2D eigenvalue weighted by Crippen LogP contribution is 2.48. The smallest absolute Gasteiger partial charge is 0.132 e. The van der Waals surface area contributed by atoms with Crippen molar-refractivity contribution in [2.45, 2.75) is 26.1 Å². The van der Waals surface area contributed by atoms with Gasteiger partial charge >= 0.3 is 0 Å². The fourth-order valence-electron chi connectivity index (χ4n) is 2.63. The second-order valence-electron chi connectivity index (χ2n) is 5.30. The van der Waals surface area contributed by atoms with Gasteiger partial charge in [0, 0.05) is 5.56 Å². The Kier molecular flexibility index (Phi) is 2.54. The fourth-order valence-corrected chi connectivity index (χ4v) is 2.63. The Balaban J connectivity index is 2.34. The molecule has 2 aromatic carbocycles. The molecule has 3 nitrogen and oxygen atoms in total. The summed E-state index contributed by atoms with van der Waals surface area (Å²) >= 11 is 0. The van der Waals surface area contributed by atoms with Crippen molar-refractivity contribution in [1.29, 1.82) is 0 Å². The first kappa shape index (κ1) is 12.1. The molecule has 0 atom stereocenters. The predicted octanol–water partition coefficient (Wildman–Crippen LogP) is 3.18. The number of ether oxygens (including phenoxy) is 1. The zero-order valence-corrected chi connectivity index (χ0v) is 11.0. The van der Waals surface area contributed by atoms with Gasteiger partial charge in [-0.2, -0.15) is 0 Å². The Morgan fingerprint density at radius 3 is 2.68 bits per heavy atom. The molecule has 2 aromatic rings. The van der Waals surface area contributed by atoms with E-state index < -0.39 is 5.60 Å². The van der Waals surface area contributed by atoms with Crippen LogP contribution in [0.3, 0.4) is 0 Å². The molecule has 0 amide bonds. The molecule has 0 saturated carbocycles. The van der Waals surface area contributed by atoms with E-state index in [9.17, 15) is 10.2 Å². The summed E-state index contributed by atoms with van der Waals surface area (Å²) in [7, 11) is 0. The maximum atomic E-state index is 10.1. The van der Waals surface area contributed by atoms with Gasteiger partial charge in [0.15, 0.2) is 0 Å². The third-order valence-electron chi connectivity index (χ3n) is 3.55. The van der Waals surface area contributed by atoms with Crippen LogP contribution in [0, 0.1) is 0 Å². The number of aliphatic hydroxyl groups excluding tert-OH is 1. The number of fused-ring (bicyclic) bond motifs is 3. The molecular formula is C16H16O3. The first-order valence-electron chi connectivity index (χ1n) is 6.28. The highest BCUT2D eigenvalue weighted by atomic mass is 16.5. The molecule has 3 rings (SSSR count). The van der Waals surface area contributed by atoms with Crippen molar-refractivity contribution in [3.8, 4) is 22.6 Å². The van der Waals surface area contributed by atoms with Gasteiger partial charge in [-0.3, -0.25) is 0 Å². The van der Waals surface area contributed by atoms with Crippen molar-refractivity contribution >= 4 is 0 Å². The molecule has 0 aromatic heterocycles. The number of hydrogen-bond acceptors (Lipinski definition) is 3. The lowest BCUT2D eigenvalue weighted by molar-refractivity contribution is 0.105. The molecule has 1 aliphatic rings. The quantitative estimate of drug-likeness (QED) is 0.824. The van der Waals surface area contributed by atoms with E-state index in [1.54, 1.807) is 12.1 Å². The average Bonchev–Trinajstić information content (AvgIpc) is 2.37. The number of rotatable bonds is 1. The van der Waals surface area contributed by atoms with Crippen molar-refractivity contribution in [2.75, 3.05) is 0 Å². The third kappa shape index (κ3) is 1.78. The van der Waals surface area contributed by atoms with Crippen molar-refractivity contribution < 1.29 is 14.9 Å². The van der Waals surface area contributed by atoms with Gasteiger partial charge in [-0.05, 0) is 43.2 Å². The van der Waals surface area contributed by atoms with Crippen LogP contribution in [-0.4, -0.2) is 10.2 Å². The first-order valence-corrected chi connectivity index (χ1v) is 6.28. The number of aliphatic hydroxyl groups is 1. The summed E-state index contributed by atoms with van der Waals surface area (Å²) in [5.41, 5.74) is 3.01. The van der Waals surface area contributed by atoms with Crippen LogP contribution in [0.1, 0.15) is 25.0 Å². The topological polar surface area (TPSA) is 49.7 Å². The minimum absolute atomic E-state index is 0.0164. The number of hydrogen-bond donors (Lipinski definition) is 2. The van der Waals surface area contributed by atoms with E-state index >= 15 is 0 Å². The summed E-state index contributed by atoms with van der Waals surface area (Å²) in [6, 6.07) is 11.0. The molecule has 0 radical (unpaired) electrons. The zero-order valence-electron chi connectivity index (χ0n) is 11.0. The van der Waals surface area contributed by atoms with Crippen molar-refractivity contribution in [1.82, 2.24) is 0 Å². The fraction of sp³-hybridized carbons (Fsp3) is 0.250. The van der Waals surface area contributed by atoms with Crippen LogP contribution < -0.4 is 4.74 Å². The Morgan fingerprint density at radius 2 is 1.95 bits per heavy atom. The third-order valence-corrected chi connectivity index (χ3v) is 3.55. The number of phenolic OH excluding ortho intramolecular Hbond substituents is 1. The number of benzene rings is 2. The van der Waals surface area contributed by atoms with Gasteiger partial charge in [-0.1, -0.05) is 18.2 Å². The molecule has 1 aliphatic heterocycles. The minimum atomic E-state index is -0.454. The van der Waals surface area contributed by atoms with Gasteiger partial charge in [0.25, 0.3) is 0 Å². The summed E-state index contributed by atoms with van der Waals surface area (Å²) in [5.74, 6) is 0.872. The molecule has 0 saturated heterocycles. The minimum Gasteiger partial charge on any atom is -0.507 e. The number of phenols is 1. The van der Waals surface area contributed by atoms with Crippen molar-refractivity contribution in [3.05, 3.63) is 47.5 Å². The second-order valence-corrected chi connectivity index (χ2v) is 5.30. The van der Waals surface area contributed by atoms with Gasteiger partial charge in [0.05, 0.1) is 12.2 Å². The summed E-state index contributed by atoms with van der Waals surface area (Å²) in [4.78, 5) is 0. The maximum absolute atomic E-state index is 10.1. The zero-order chi connectivity index (χ0) is 13.6. The maximum Gasteiger partial charge on any atom is 0.132 e. The predicted molar refractivity (Wildman–Crippen MR) is 73.1 cm³/mol. The Labute approximate surface area is 112 Å². The summed E-state index contributed by atoms with van der Waals surface area (Å²) in [6.07, 6.45) is 0. The number of aromatic hydroxyl groups is 1. The molecule has 0 spiro atoms. The largest absolute Gasteiger partial charge is 0.507 e. The lowest BCUT2D eigenvalue weighted by Gasteiger charge is -2.35. The monoisotopic (exact) mass is 256 g/mol. The van der Waals surface area contributed by atoms with Gasteiger partial charge in [0.2, 0.25) is 0 Å². The highest BCUT2D eigenvalue weighted by Gasteiger charge is 2.33. The van der Waals surface area contributed by atoms with E-state index in [2.05, 4.69) is 0 Å². The Morgan fingerprint density at radius 1 is 1.16 bits per heavy atom. The van der Waals surface area contributed by atoms with E-state index in [1.807, 2.05) is 38.1 Å². The Hall–Kier alpha value is -2.00. The van der Waals surface area contributed by atoms with Crippen molar-refractivity contribution in [3.63, 3.8) is 0 Å². The van der Waals surface area contributed by atoms with E-state index in [0.717, 1.165) is 16.7 Å². The van der Waals surface area contributed by atoms with E-state index in [0.29, 0.717) is 11.3 Å². The first-order chi connectivity index (χ1) is 9.03. The molecular weight excluding hydrogens is 240 g/mol. The SMILES string of the molecule is CC1(C)Oc2cccc(O)c2-c2cc(CO)ccc21.